The molecule has 8 aromatic rings. The molecule has 0 saturated carbocycles. The molecule has 0 unspecified atom stereocenters. The van der Waals surface area contributed by atoms with E-state index >= 15 is 0 Å². The van der Waals surface area contributed by atoms with Gasteiger partial charge in [-0.05, 0) is 140 Å². The molecular formula is C57H59N3O. The number of phenols is 1. The predicted octanol–water partition coefficient (Wildman–Crippen LogP) is 15.6. The van der Waals surface area contributed by atoms with Crippen LogP contribution in [0.25, 0.3) is 72.7 Å². The second kappa shape index (κ2) is 16.0. The van der Waals surface area contributed by atoms with Crippen LogP contribution in [-0.2, 0) is 10.8 Å². The number of rotatable bonds is 8. The third-order valence-electron chi connectivity index (χ3n) is 11.9. The van der Waals surface area contributed by atoms with Crippen molar-refractivity contribution in [2.24, 2.45) is 0 Å². The first-order valence-electron chi connectivity index (χ1n) is 23.3. The number of fused-ring (bicyclic) bond motifs is 1. The molecule has 6 aromatic carbocycles. The van der Waals surface area contributed by atoms with Gasteiger partial charge in [0.2, 0.25) is 0 Å². The Morgan fingerprint density at radius 2 is 1.26 bits per heavy atom. The number of aromatic hydroxyl groups is 1. The summed E-state index contributed by atoms with van der Waals surface area (Å²) in [7, 11) is 0. The van der Waals surface area contributed by atoms with Crippen LogP contribution in [0.1, 0.15) is 114 Å². The van der Waals surface area contributed by atoms with Crippen molar-refractivity contribution in [2.45, 2.75) is 98.7 Å². The molecule has 0 aliphatic rings. The molecule has 0 saturated heterocycles. The lowest BCUT2D eigenvalue weighted by Crippen LogP contribution is -2.11. The molecular weight excluding hydrogens is 743 g/mol. The molecule has 0 aliphatic heterocycles. The van der Waals surface area contributed by atoms with Crippen molar-refractivity contribution in [3.8, 4) is 67.5 Å². The fourth-order valence-corrected chi connectivity index (χ4v) is 8.07. The quantitative estimate of drug-likeness (QED) is 0.166. The monoisotopic (exact) mass is 805 g/mol. The van der Waals surface area contributed by atoms with Gasteiger partial charge in [-0.3, -0.25) is 9.55 Å². The van der Waals surface area contributed by atoms with Gasteiger partial charge in [-0.25, -0.2) is 4.98 Å². The van der Waals surface area contributed by atoms with E-state index in [-0.39, 0.29) is 28.1 Å². The first-order chi connectivity index (χ1) is 30.5. The van der Waals surface area contributed by atoms with E-state index in [1.54, 1.807) is 18.2 Å². The van der Waals surface area contributed by atoms with Gasteiger partial charge in [0, 0.05) is 22.8 Å². The standard InChI is InChI=1S/C57H59N3O/c1-35(2)41-28-42(36(3)4)30-43(29-41)39-21-24-51(37(5)27-39)60-52-17-14-16-48(54(52)59-55(60)49-15-12-13-18-53(49)61)44-31-45(33-47(32-44)57(9,10)11)50-34-40(25-26-58-50)38-19-22-46(23-20-38)56(6,7)8/h12-36,61H,1-11H3/i5D3,35D. The van der Waals surface area contributed by atoms with Gasteiger partial charge < -0.3 is 5.11 Å². The van der Waals surface area contributed by atoms with E-state index in [9.17, 15) is 5.11 Å². The molecule has 8 rings (SSSR count). The highest BCUT2D eigenvalue weighted by Gasteiger charge is 2.23. The molecule has 2 aromatic heterocycles. The van der Waals surface area contributed by atoms with Crippen molar-refractivity contribution in [2.75, 3.05) is 0 Å². The second-order valence-corrected chi connectivity index (χ2v) is 19.0. The number of imidazole rings is 1. The highest BCUT2D eigenvalue weighted by atomic mass is 16.3. The van der Waals surface area contributed by atoms with Crippen LogP contribution in [0.2, 0.25) is 0 Å². The Hall–Kier alpha value is -6.26. The van der Waals surface area contributed by atoms with Crippen molar-refractivity contribution >= 4 is 11.0 Å². The van der Waals surface area contributed by atoms with Gasteiger partial charge >= 0.3 is 0 Å². The van der Waals surface area contributed by atoms with Gasteiger partial charge in [-0.15, -0.1) is 0 Å². The van der Waals surface area contributed by atoms with Gasteiger partial charge in [-0.2, -0.15) is 0 Å². The van der Waals surface area contributed by atoms with Crippen LogP contribution in [0.4, 0.5) is 0 Å². The van der Waals surface area contributed by atoms with E-state index in [1.807, 2.05) is 67.1 Å². The normalized spacial score (nSPS) is 13.6. The third kappa shape index (κ3) is 8.29. The zero-order valence-corrected chi connectivity index (χ0v) is 37.1. The van der Waals surface area contributed by atoms with Crippen LogP contribution in [0.15, 0.2) is 140 Å². The van der Waals surface area contributed by atoms with Crippen LogP contribution in [0.5, 0.6) is 5.75 Å². The highest BCUT2D eigenvalue weighted by Crippen LogP contribution is 2.41. The van der Waals surface area contributed by atoms with Crippen LogP contribution in [0, 0.1) is 6.85 Å². The third-order valence-corrected chi connectivity index (χ3v) is 11.9. The molecule has 0 bridgehead atoms. The summed E-state index contributed by atoms with van der Waals surface area (Å²) >= 11 is 0. The average molecular weight is 806 g/mol. The van der Waals surface area contributed by atoms with Gasteiger partial charge in [-0.1, -0.05) is 148 Å². The lowest BCUT2D eigenvalue weighted by atomic mass is 9.83. The molecule has 0 fully saturated rings. The number of phenolic OH excluding ortho intramolecular Hbond substituents is 1. The summed E-state index contributed by atoms with van der Waals surface area (Å²) in [5, 5.41) is 11.4. The molecule has 308 valence electrons. The second-order valence-electron chi connectivity index (χ2n) is 19.0. The van der Waals surface area contributed by atoms with E-state index in [4.69, 9.17) is 15.5 Å². The average Bonchev–Trinajstić information content (AvgIpc) is 3.64. The summed E-state index contributed by atoms with van der Waals surface area (Å²) in [5.74, 6) is -0.185. The molecule has 61 heavy (non-hydrogen) atoms. The number of para-hydroxylation sites is 2. The van der Waals surface area contributed by atoms with E-state index in [0.29, 0.717) is 28.1 Å². The summed E-state index contributed by atoms with van der Waals surface area (Å²) in [6.07, 6.45) is 1.87. The summed E-state index contributed by atoms with van der Waals surface area (Å²) in [6, 6.07) is 44.4. The number of hydrogen-bond acceptors (Lipinski definition) is 3. The molecule has 4 heteroatoms. The maximum Gasteiger partial charge on any atom is 0.149 e. The summed E-state index contributed by atoms with van der Waals surface area (Å²) < 4.78 is 37.5. The molecule has 4 nitrogen and oxygen atoms in total. The first kappa shape index (κ1) is 36.6. The van der Waals surface area contributed by atoms with Crippen molar-refractivity contribution in [3.63, 3.8) is 0 Å². The number of hydrogen-bond donors (Lipinski definition) is 1. The summed E-state index contributed by atoms with van der Waals surface area (Å²) in [6.45, 7) is 18.7. The van der Waals surface area contributed by atoms with Crippen LogP contribution >= 0.6 is 0 Å². The Bertz CT molecular complexity index is 3070. The van der Waals surface area contributed by atoms with E-state index in [1.165, 1.54) is 5.56 Å². The Morgan fingerprint density at radius 3 is 1.95 bits per heavy atom. The largest absolute Gasteiger partial charge is 0.507 e. The Morgan fingerprint density at radius 1 is 0.590 bits per heavy atom. The predicted molar refractivity (Wildman–Crippen MR) is 258 cm³/mol. The number of benzene rings is 6. The minimum absolute atomic E-state index is 0.0321. The zero-order chi connectivity index (χ0) is 46.8. The lowest BCUT2D eigenvalue weighted by Gasteiger charge is -2.22. The van der Waals surface area contributed by atoms with Crippen molar-refractivity contribution in [1.82, 2.24) is 14.5 Å². The van der Waals surface area contributed by atoms with Crippen LogP contribution in [-0.4, -0.2) is 19.6 Å². The topological polar surface area (TPSA) is 50.9 Å². The van der Waals surface area contributed by atoms with Gasteiger partial charge in [0.15, 0.2) is 0 Å². The number of nitrogens with zero attached hydrogens (tertiary/aromatic N) is 3. The van der Waals surface area contributed by atoms with Crippen LogP contribution in [0.3, 0.4) is 0 Å². The Balaban J connectivity index is 1.34. The number of pyridine rings is 1. The molecule has 2 heterocycles. The van der Waals surface area contributed by atoms with Gasteiger partial charge in [0.05, 0.1) is 28.0 Å². The van der Waals surface area contributed by atoms with Gasteiger partial charge in [0.25, 0.3) is 0 Å². The first-order valence-corrected chi connectivity index (χ1v) is 21.3. The van der Waals surface area contributed by atoms with Gasteiger partial charge in [0.1, 0.15) is 11.6 Å². The van der Waals surface area contributed by atoms with E-state index in [2.05, 4.69) is 128 Å². The van der Waals surface area contributed by atoms with Crippen molar-refractivity contribution < 1.29 is 10.6 Å². The lowest BCUT2D eigenvalue weighted by molar-refractivity contribution is 0.477. The van der Waals surface area contributed by atoms with E-state index in [0.717, 1.165) is 61.3 Å². The molecule has 0 spiro atoms. The smallest absolute Gasteiger partial charge is 0.149 e. The maximum atomic E-state index is 11.4. The summed E-state index contributed by atoms with van der Waals surface area (Å²) in [4.78, 5) is 10.2. The Kier molecular flexibility index (Phi) is 9.58. The number of aryl methyl sites for hydroxylation is 1. The maximum absolute atomic E-state index is 11.4. The molecule has 0 radical (unpaired) electrons. The Labute approximate surface area is 368 Å². The minimum atomic E-state index is -2.52. The molecule has 0 atom stereocenters. The fraction of sp³-hybridized carbons (Fsp3) is 0.263. The minimum Gasteiger partial charge on any atom is -0.507 e. The number of aromatic nitrogens is 3. The SMILES string of the molecule is [2H]C([2H])([2H])c1cc(-c2cc(C(C)C)cc(C([2H])(C)C)c2)ccc1-n1c(-c2ccccc2O)nc2c(-c3cc(-c4cc(-c5ccc(C(C)(C)C)cc5)ccn4)cc(C(C)(C)C)c3)cccc21. The zero-order valence-electron chi connectivity index (χ0n) is 41.1. The van der Waals surface area contributed by atoms with Crippen molar-refractivity contribution in [1.29, 1.82) is 0 Å². The van der Waals surface area contributed by atoms with E-state index < -0.39 is 12.7 Å². The summed E-state index contributed by atoms with van der Waals surface area (Å²) in [5.41, 5.74) is 14.0. The molecule has 0 amide bonds. The molecule has 0 aliphatic carbocycles. The highest BCUT2D eigenvalue weighted by molar-refractivity contribution is 5.97. The molecule has 1 N–H and O–H groups in total. The van der Waals surface area contributed by atoms with Crippen LogP contribution < -0.4 is 0 Å². The fourth-order valence-electron chi connectivity index (χ4n) is 8.07. The van der Waals surface area contributed by atoms with Crippen molar-refractivity contribution in [3.05, 3.63) is 167 Å².